The summed E-state index contributed by atoms with van der Waals surface area (Å²) in [6.07, 6.45) is -7.89. The molecule has 0 spiro atoms. The first kappa shape index (κ1) is 14.6. The highest BCUT2D eigenvalue weighted by Crippen LogP contribution is 2.33. The largest absolute Gasteiger partial charge is 0.574 e. The van der Waals surface area contributed by atoms with Gasteiger partial charge in [-0.25, -0.2) is 13.8 Å². The van der Waals surface area contributed by atoms with E-state index in [-0.39, 0.29) is 15.5 Å². The van der Waals surface area contributed by atoms with Crippen LogP contribution in [0.2, 0.25) is 0 Å². The molecule has 0 radical (unpaired) electrons. The Morgan fingerprint density at radius 3 is 2.35 bits per heavy atom. The summed E-state index contributed by atoms with van der Waals surface area (Å²) in [5, 5.41) is 0.0343. The first-order valence-electron chi connectivity index (χ1n) is 4.03. The van der Waals surface area contributed by atoms with E-state index in [0.29, 0.717) is 6.07 Å². The molecule has 0 unspecified atom stereocenters. The molecule has 0 aromatic carbocycles. The Hall–Kier alpha value is -0.440. The predicted octanol–water partition coefficient (Wildman–Crippen LogP) is 4.58. The van der Waals surface area contributed by atoms with E-state index in [9.17, 15) is 22.0 Å². The molecular formula is C8H4Br2F5NO. The Morgan fingerprint density at radius 1 is 1.35 bits per heavy atom. The van der Waals surface area contributed by atoms with E-state index in [1.165, 1.54) is 0 Å². The van der Waals surface area contributed by atoms with Gasteiger partial charge < -0.3 is 4.74 Å². The zero-order valence-electron chi connectivity index (χ0n) is 7.86. The van der Waals surface area contributed by atoms with Crippen LogP contribution in [0.5, 0.6) is 5.88 Å². The van der Waals surface area contributed by atoms with Crippen molar-refractivity contribution in [1.29, 1.82) is 0 Å². The van der Waals surface area contributed by atoms with Crippen LogP contribution in [0, 0.1) is 0 Å². The van der Waals surface area contributed by atoms with Gasteiger partial charge in [-0.3, -0.25) is 0 Å². The van der Waals surface area contributed by atoms with Gasteiger partial charge in [0, 0.05) is 22.5 Å². The highest BCUT2D eigenvalue weighted by atomic mass is 79.9. The third kappa shape index (κ3) is 4.06. The summed E-state index contributed by atoms with van der Waals surface area (Å²) in [5.41, 5.74) is -0.488. The molecule has 9 heteroatoms. The molecule has 0 aliphatic heterocycles. The molecule has 1 aromatic rings. The second-order valence-corrected chi connectivity index (χ2v) is 4.11. The summed E-state index contributed by atoms with van der Waals surface area (Å²) < 4.78 is 64.3. The summed E-state index contributed by atoms with van der Waals surface area (Å²) in [6.45, 7) is 0. The van der Waals surface area contributed by atoms with Crippen LogP contribution < -0.4 is 4.74 Å². The van der Waals surface area contributed by atoms with Crippen LogP contribution in [0.15, 0.2) is 10.7 Å². The molecule has 1 rings (SSSR count). The highest BCUT2D eigenvalue weighted by Gasteiger charge is 2.32. The van der Waals surface area contributed by atoms with Gasteiger partial charge in [-0.15, -0.1) is 13.2 Å². The molecule has 1 heterocycles. The smallest absolute Gasteiger partial charge is 0.388 e. The topological polar surface area (TPSA) is 22.1 Å². The van der Waals surface area contributed by atoms with E-state index in [1.807, 2.05) is 0 Å². The van der Waals surface area contributed by atoms with Crippen LogP contribution in [0.4, 0.5) is 22.0 Å². The first-order chi connectivity index (χ1) is 7.74. The van der Waals surface area contributed by atoms with E-state index in [0.717, 1.165) is 0 Å². The average Bonchev–Trinajstić information content (AvgIpc) is 2.13. The number of pyridine rings is 1. The fraction of sp³-hybridized carbons (Fsp3) is 0.375. The Morgan fingerprint density at radius 2 is 1.94 bits per heavy atom. The number of aromatic nitrogens is 1. The summed E-state index contributed by atoms with van der Waals surface area (Å²) in [5.74, 6) is -0.927. The third-order valence-corrected chi connectivity index (χ3v) is 2.89. The lowest BCUT2D eigenvalue weighted by molar-refractivity contribution is -0.276. The summed E-state index contributed by atoms with van der Waals surface area (Å²) >= 11 is 5.76. The standard InChI is InChI=1S/C8H4Br2F5NO/c9-2-4-3(7(11)12)1-5(16-6(4)10)17-8(13,14)15/h1,7H,2H2. The molecule has 0 bridgehead atoms. The monoisotopic (exact) mass is 383 g/mol. The third-order valence-electron chi connectivity index (χ3n) is 1.67. The van der Waals surface area contributed by atoms with Gasteiger partial charge in [0.2, 0.25) is 5.88 Å². The number of ether oxygens (including phenoxy) is 1. The predicted molar refractivity (Wildman–Crippen MR) is 56.2 cm³/mol. The second kappa shape index (κ2) is 5.47. The van der Waals surface area contributed by atoms with Crippen molar-refractivity contribution in [3.8, 4) is 5.88 Å². The maximum atomic E-state index is 12.6. The molecule has 17 heavy (non-hydrogen) atoms. The van der Waals surface area contributed by atoms with Crippen molar-refractivity contribution in [2.45, 2.75) is 18.1 Å². The quantitative estimate of drug-likeness (QED) is 0.432. The van der Waals surface area contributed by atoms with E-state index in [4.69, 9.17) is 0 Å². The Kier molecular flexibility index (Phi) is 4.70. The molecule has 0 fully saturated rings. The number of hydrogen-bond acceptors (Lipinski definition) is 2. The Balaban J connectivity index is 3.20. The molecule has 0 aliphatic carbocycles. The van der Waals surface area contributed by atoms with Gasteiger partial charge in [-0.2, -0.15) is 0 Å². The average molecular weight is 385 g/mol. The van der Waals surface area contributed by atoms with Crippen LogP contribution in [-0.4, -0.2) is 11.3 Å². The SMILES string of the molecule is FC(F)c1cc(OC(F)(F)F)nc(Br)c1CBr. The van der Waals surface area contributed by atoms with Gasteiger partial charge in [0.25, 0.3) is 6.43 Å². The van der Waals surface area contributed by atoms with Crippen molar-refractivity contribution < 1.29 is 26.7 Å². The molecule has 0 saturated heterocycles. The Bertz CT molecular complexity index is 410. The van der Waals surface area contributed by atoms with Crippen molar-refractivity contribution in [1.82, 2.24) is 4.98 Å². The fourth-order valence-corrected chi connectivity index (χ4v) is 2.54. The number of alkyl halides is 6. The van der Waals surface area contributed by atoms with Gasteiger partial charge in [0.05, 0.1) is 0 Å². The molecule has 0 atom stereocenters. The zero-order valence-corrected chi connectivity index (χ0v) is 11.0. The van der Waals surface area contributed by atoms with Crippen molar-refractivity contribution in [2.75, 3.05) is 0 Å². The van der Waals surface area contributed by atoms with Crippen molar-refractivity contribution in [3.05, 3.63) is 21.8 Å². The number of hydrogen-bond donors (Lipinski definition) is 0. The maximum Gasteiger partial charge on any atom is 0.574 e. The molecule has 2 nitrogen and oxygen atoms in total. The van der Waals surface area contributed by atoms with Gasteiger partial charge in [-0.05, 0) is 15.9 Å². The van der Waals surface area contributed by atoms with Crippen LogP contribution in [0.25, 0.3) is 0 Å². The van der Waals surface area contributed by atoms with Gasteiger partial charge in [-0.1, -0.05) is 15.9 Å². The lowest BCUT2D eigenvalue weighted by Gasteiger charge is -2.12. The lowest BCUT2D eigenvalue weighted by atomic mass is 10.2. The van der Waals surface area contributed by atoms with Gasteiger partial charge in [0.15, 0.2) is 0 Å². The van der Waals surface area contributed by atoms with Gasteiger partial charge >= 0.3 is 6.36 Å². The van der Waals surface area contributed by atoms with Gasteiger partial charge in [0.1, 0.15) is 4.60 Å². The van der Waals surface area contributed by atoms with Crippen LogP contribution >= 0.6 is 31.9 Å². The van der Waals surface area contributed by atoms with E-state index in [1.54, 1.807) is 0 Å². The van der Waals surface area contributed by atoms with E-state index < -0.39 is 24.2 Å². The normalized spacial score (nSPS) is 12.0. The minimum absolute atomic E-state index is 0.0343. The number of halogens is 7. The van der Waals surface area contributed by atoms with Crippen molar-refractivity contribution in [2.24, 2.45) is 0 Å². The molecule has 0 aliphatic rings. The van der Waals surface area contributed by atoms with Crippen LogP contribution in [-0.2, 0) is 5.33 Å². The van der Waals surface area contributed by atoms with Crippen LogP contribution in [0.1, 0.15) is 17.6 Å². The second-order valence-electron chi connectivity index (χ2n) is 2.80. The molecular weight excluding hydrogens is 381 g/mol. The number of rotatable bonds is 3. The van der Waals surface area contributed by atoms with Crippen molar-refractivity contribution >= 4 is 31.9 Å². The minimum atomic E-state index is -4.97. The van der Waals surface area contributed by atoms with E-state index in [2.05, 4.69) is 41.6 Å². The molecule has 96 valence electrons. The number of nitrogens with zero attached hydrogens (tertiary/aromatic N) is 1. The maximum absolute atomic E-state index is 12.6. The van der Waals surface area contributed by atoms with Crippen LogP contribution in [0.3, 0.4) is 0 Å². The summed E-state index contributed by atoms with van der Waals surface area (Å²) in [6, 6.07) is 0.569. The zero-order chi connectivity index (χ0) is 13.2. The summed E-state index contributed by atoms with van der Waals surface area (Å²) in [4.78, 5) is 3.38. The summed E-state index contributed by atoms with van der Waals surface area (Å²) in [7, 11) is 0. The van der Waals surface area contributed by atoms with Crippen molar-refractivity contribution in [3.63, 3.8) is 0 Å². The first-order valence-corrected chi connectivity index (χ1v) is 5.95. The molecule has 1 aromatic heterocycles. The molecule has 0 saturated carbocycles. The van der Waals surface area contributed by atoms with E-state index >= 15 is 0 Å². The fourth-order valence-electron chi connectivity index (χ4n) is 1.03. The Labute approximate surface area is 109 Å². The molecule has 0 N–H and O–H groups in total. The lowest BCUT2D eigenvalue weighted by Crippen LogP contribution is -2.18. The minimum Gasteiger partial charge on any atom is -0.388 e. The highest BCUT2D eigenvalue weighted by molar-refractivity contribution is 9.10. The molecule has 0 amide bonds.